The summed E-state index contributed by atoms with van der Waals surface area (Å²) < 4.78 is 4.67. The molecule has 0 aromatic carbocycles. The Hall–Kier alpha value is -0.860. The molecule has 0 rings (SSSR count). The molecule has 0 aromatic rings. The SMILES string of the molecule is CC=NCOC(C)=N. The van der Waals surface area contributed by atoms with Gasteiger partial charge < -0.3 is 4.74 Å². The van der Waals surface area contributed by atoms with Gasteiger partial charge in [-0.25, -0.2) is 0 Å². The van der Waals surface area contributed by atoms with E-state index in [0.717, 1.165) is 0 Å². The molecule has 0 atom stereocenters. The predicted molar refractivity (Wildman–Crippen MR) is 33.5 cm³/mol. The topological polar surface area (TPSA) is 45.4 Å². The van der Waals surface area contributed by atoms with E-state index >= 15 is 0 Å². The van der Waals surface area contributed by atoms with E-state index in [9.17, 15) is 0 Å². The summed E-state index contributed by atoms with van der Waals surface area (Å²) in [6.45, 7) is 3.65. The molecule has 0 aliphatic heterocycles. The monoisotopic (exact) mass is 114 g/mol. The van der Waals surface area contributed by atoms with E-state index in [4.69, 9.17) is 5.41 Å². The zero-order valence-electron chi connectivity index (χ0n) is 5.14. The van der Waals surface area contributed by atoms with Crippen LogP contribution >= 0.6 is 0 Å². The fourth-order valence-corrected chi connectivity index (χ4v) is 0.209. The molecule has 0 bridgehead atoms. The number of hydrogen-bond donors (Lipinski definition) is 1. The summed E-state index contributed by atoms with van der Waals surface area (Å²) in [5.74, 6) is 0.204. The fourth-order valence-electron chi connectivity index (χ4n) is 0.209. The molecule has 0 aromatic heterocycles. The maximum absolute atomic E-state index is 6.78. The minimum Gasteiger partial charge on any atom is -0.459 e. The van der Waals surface area contributed by atoms with Crippen molar-refractivity contribution in [2.24, 2.45) is 4.99 Å². The zero-order chi connectivity index (χ0) is 6.41. The van der Waals surface area contributed by atoms with E-state index in [1.807, 2.05) is 6.92 Å². The molecule has 0 heterocycles. The van der Waals surface area contributed by atoms with Gasteiger partial charge in [-0.2, -0.15) is 0 Å². The maximum Gasteiger partial charge on any atom is 0.180 e. The van der Waals surface area contributed by atoms with E-state index in [1.54, 1.807) is 13.1 Å². The molecule has 46 valence electrons. The minimum atomic E-state index is 0.204. The van der Waals surface area contributed by atoms with Gasteiger partial charge >= 0.3 is 0 Å². The van der Waals surface area contributed by atoms with Crippen LogP contribution in [-0.2, 0) is 4.74 Å². The van der Waals surface area contributed by atoms with Gasteiger partial charge in [-0.05, 0) is 13.1 Å². The van der Waals surface area contributed by atoms with Gasteiger partial charge in [-0.15, -0.1) is 0 Å². The highest BCUT2D eigenvalue weighted by atomic mass is 16.5. The van der Waals surface area contributed by atoms with Crippen LogP contribution in [0.1, 0.15) is 13.8 Å². The second kappa shape index (κ2) is 4.30. The molecule has 0 fully saturated rings. The van der Waals surface area contributed by atoms with Crippen LogP contribution in [0.3, 0.4) is 0 Å². The molecule has 3 nitrogen and oxygen atoms in total. The first-order valence-corrected chi connectivity index (χ1v) is 2.39. The summed E-state index contributed by atoms with van der Waals surface area (Å²) in [5, 5.41) is 6.78. The highest BCUT2D eigenvalue weighted by molar-refractivity contribution is 5.69. The van der Waals surface area contributed by atoms with Gasteiger partial charge in [0, 0.05) is 6.92 Å². The number of hydrogen-bond acceptors (Lipinski definition) is 3. The first kappa shape index (κ1) is 7.14. The summed E-state index contributed by atoms with van der Waals surface area (Å²) >= 11 is 0. The average Bonchev–Trinajstić information content (AvgIpc) is 1.66. The summed E-state index contributed by atoms with van der Waals surface area (Å²) in [4.78, 5) is 3.72. The van der Waals surface area contributed by atoms with Crippen molar-refractivity contribution in [2.75, 3.05) is 6.73 Å². The standard InChI is InChI=1S/C5H10N2O/c1-3-7-4-8-5(2)6/h3,6H,4H2,1-2H3. The van der Waals surface area contributed by atoms with Gasteiger partial charge in [-0.1, -0.05) is 0 Å². The van der Waals surface area contributed by atoms with Crippen molar-refractivity contribution in [3.8, 4) is 0 Å². The first-order valence-electron chi connectivity index (χ1n) is 2.39. The lowest BCUT2D eigenvalue weighted by atomic mass is 10.8. The molecule has 3 heteroatoms. The van der Waals surface area contributed by atoms with Crippen molar-refractivity contribution < 1.29 is 4.74 Å². The number of nitrogens with one attached hydrogen (secondary N) is 1. The van der Waals surface area contributed by atoms with Gasteiger partial charge in [0.1, 0.15) is 0 Å². The average molecular weight is 114 g/mol. The second-order valence-corrected chi connectivity index (χ2v) is 1.27. The third kappa shape index (κ3) is 5.14. The predicted octanol–water partition coefficient (Wildman–Crippen LogP) is 1.05. The Kier molecular flexibility index (Phi) is 3.84. The van der Waals surface area contributed by atoms with Gasteiger partial charge in [0.15, 0.2) is 12.6 Å². The summed E-state index contributed by atoms with van der Waals surface area (Å²) in [5.41, 5.74) is 0. The molecule has 0 aliphatic carbocycles. The number of ether oxygens (including phenoxy) is 1. The van der Waals surface area contributed by atoms with Crippen molar-refractivity contribution >= 4 is 12.1 Å². The Morgan fingerprint density at radius 1 is 1.88 bits per heavy atom. The third-order valence-electron chi connectivity index (χ3n) is 0.538. The van der Waals surface area contributed by atoms with E-state index in [2.05, 4.69) is 9.73 Å². The molecular formula is C5H10N2O. The maximum atomic E-state index is 6.78. The first-order chi connectivity index (χ1) is 3.77. The van der Waals surface area contributed by atoms with Gasteiger partial charge in [-0.3, -0.25) is 10.4 Å². The van der Waals surface area contributed by atoms with E-state index < -0.39 is 0 Å². The van der Waals surface area contributed by atoms with Crippen LogP contribution in [0.15, 0.2) is 4.99 Å². The smallest absolute Gasteiger partial charge is 0.180 e. The molecule has 1 N–H and O–H groups in total. The van der Waals surface area contributed by atoms with Crippen LogP contribution < -0.4 is 0 Å². The van der Waals surface area contributed by atoms with Crippen molar-refractivity contribution in [2.45, 2.75) is 13.8 Å². The quantitative estimate of drug-likeness (QED) is 0.423. The molecule has 0 amide bonds. The largest absolute Gasteiger partial charge is 0.459 e. The Labute approximate surface area is 48.9 Å². The van der Waals surface area contributed by atoms with Crippen LogP contribution in [0, 0.1) is 5.41 Å². The molecule has 8 heavy (non-hydrogen) atoms. The molecule has 0 saturated heterocycles. The summed E-state index contributed by atoms with van der Waals surface area (Å²) in [7, 11) is 0. The number of aliphatic imine (C=N–C) groups is 1. The van der Waals surface area contributed by atoms with Crippen LogP contribution in [0.25, 0.3) is 0 Å². The Balaban J connectivity index is 3.05. The van der Waals surface area contributed by atoms with Crippen molar-refractivity contribution in [3.63, 3.8) is 0 Å². The molecule has 0 aliphatic rings. The molecule has 0 spiro atoms. The Morgan fingerprint density at radius 3 is 2.88 bits per heavy atom. The van der Waals surface area contributed by atoms with E-state index in [1.165, 1.54) is 0 Å². The number of nitrogens with zero attached hydrogens (tertiary/aromatic N) is 1. The van der Waals surface area contributed by atoms with E-state index in [0.29, 0.717) is 0 Å². The third-order valence-corrected chi connectivity index (χ3v) is 0.538. The van der Waals surface area contributed by atoms with Gasteiger partial charge in [0.05, 0.1) is 0 Å². The highest BCUT2D eigenvalue weighted by Gasteiger charge is 1.79. The van der Waals surface area contributed by atoms with Gasteiger partial charge in [0.2, 0.25) is 0 Å². The lowest BCUT2D eigenvalue weighted by molar-refractivity contribution is 0.313. The lowest BCUT2D eigenvalue weighted by Crippen LogP contribution is -1.96. The Morgan fingerprint density at radius 2 is 2.50 bits per heavy atom. The van der Waals surface area contributed by atoms with Crippen LogP contribution in [0.4, 0.5) is 0 Å². The fraction of sp³-hybridized carbons (Fsp3) is 0.600. The van der Waals surface area contributed by atoms with Gasteiger partial charge in [0.25, 0.3) is 0 Å². The highest BCUT2D eigenvalue weighted by Crippen LogP contribution is 1.75. The van der Waals surface area contributed by atoms with Crippen LogP contribution in [0.5, 0.6) is 0 Å². The van der Waals surface area contributed by atoms with Crippen LogP contribution in [-0.4, -0.2) is 18.8 Å². The molecule has 0 saturated carbocycles. The summed E-state index contributed by atoms with van der Waals surface area (Å²) in [6, 6.07) is 0. The Bertz CT molecular complexity index is 98.6. The lowest BCUT2D eigenvalue weighted by Gasteiger charge is -1.94. The second-order valence-electron chi connectivity index (χ2n) is 1.27. The zero-order valence-corrected chi connectivity index (χ0v) is 5.14. The molecular weight excluding hydrogens is 104 g/mol. The normalized spacial score (nSPS) is 9.75. The van der Waals surface area contributed by atoms with Crippen molar-refractivity contribution in [1.29, 1.82) is 5.41 Å². The van der Waals surface area contributed by atoms with E-state index in [-0.39, 0.29) is 12.6 Å². The van der Waals surface area contributed by atoms with Crippen LogP contribution in [0.2, 0.25) is 0 Å². The van der Waals surface area contributed by atoms with Crippen molar-refractivity contribution in [3.05, 3.63) is 0 Å². The number of rotatable bonds is 2. The molecule has 0 unspecified atom stereocenters. The summed E-state index contributed by atoms with van der Waals surface area (Å²) in [6.07, 6.45) is 1.64. The van der Waals surface area contributed by atoms with Crippen molar-refractivity contribution in [1.82, 2.24) is 0 Å². The molecule has 0 radical (unpaired) electrons. The minimum absolute atomic E-state index is 0.204.